The molecule has 0 unspecified atom stereocenters. The number of hydrogen-bond donors (Lipinski definition) is 0. The molecule has 0 saturated heterocycles. The Morgan fingerprint density at radius 2 is 2.11 bits per heavy atom. The highest BCUT2D eigenvalue weighted by molar-refractivity contribution is 14.1. The zero-order chi connectivity index (χ0) is 20.1. The summed E-state index contributed by atoms with van der Waals surface area (Å²) >= 11 is 1.99. The maximum atomic E-state index is 15.0. The monoisotopic (exact) mass is 499 g/mol. The van der Waals surface area contributed by atoms with Crippen LogP contribution in [-0.4, -0.2) is 30.6 Å². The van der Waals surface area contributed by atoms with Gasteiger partial charge < -0.3 is 13.9 Å². The second-order valence-electron chi connectivity index (χ2n) is 5.84. The molecule has 0 aliphatic heterocycles. The number of Topliss-reactive ketones (excluding diaryl/α,β-unsaturated/α-hetero) is 1. The molecule has 0 bridgehead atoms. The van der Waals surface area contributed by atoms with Crippen LogP contribution in [0, 0.1) is 15.2 Å². The Morgan fingerprint density at radius 1 is 1.29 bits per heavy atom. The minimum atomic E-state index is -0.706. The van der Waals surface area contributed by atoms with E-state index in [2.05, 4.69) is 11.6 Å². The van der Waals surface area contributed by atoms with Gasteiger partial charge in [0.25, 0.3) is 0 Å². The van der Waals surface area contributed by atoms with E-state index in [0.717, 1.165) is 9.96 Å². The predicted molar refractivity (Wildman–Crippen MR) is 107 cm³/mol. The number of carbonyl (C=O) groups excluding carboxylic acids is 1. The molecule has 3 aromatic rings. The maximum Gasteiger partial charge on any atom is 0.188 e. The lowest BCUT2D eigenvalue weighted by Gasteiger charge is -2.12. The van der Waals surface area contributed by atoms with E-state index in [9.17, 15) is 9.18 Å². The van der Waals surface area contributed by atoms with E-state index in [1.807, 2.05) is 22.6 Å². The van der Waals surface area contributed by atoms with E-state index in [1.165, 1.54) is 18.4 Å². The van der Waals surface area contributed by atoms with Gasteiger partial charge in [0, 0.05) is 21.1 Å². The number of nitrogens with zero attached hydrogens (tertiary/aromatic N) is 1. The van der Waals surface area contributed by atoms with Gasteiger partial charge in [-0.1, -0.05) is 12.6 Å². The molecule has 28 heavy (non-hydrogen) atoms. The highest BCUT2D eigenvalue weighted by Gasteiger charge is 2.22. The smallest absolute Gasteiger partial charge is 0.188 e. The molecule has 1 aromatic heterocycles. The van der Waals surface area contributed by atoms with Crippen molar-refractivity contribution in [3.05, 3.63) is 75.4 Å². The normalized spacial score (nSPS) is 11.0. The Morgan fingerprint density at radius 3 is 2.86 bits per heavy atom. The van der Waals surface area contributed by atoms with Gasteiger partial charge in [0.2, 0.25) is 0 Å². The molecule has 146 valence electrons. The number of hydrogen-bond acceptors (Lipinski definition) is 5. The molecule has 0 radical (unpaired) electrons. The molecular weight excluding hydrogens is 483 g/mol. The Labute approximate surface area is 173 Å². The van der Waals surface area contributed by atoms with Gasteiger partial charge in [-0.25, -0.2) is 13.8 Å². The van der Waals surface area contributed by atoms with Crippen LogP contribution in [-0.2, 0) is 15.9 Å². The fraction of sp³-hybridized carbons (Fsp3) is 0.200. The summed E-state index contributed by atoms with van der Waals surface area (Å²) < 4.78 is 45.4. The number of oxazole rings is 1. The Bertz CT molecular complexity index is 1020. The van der Waals surface area contributed by atoms with Gasteiger partial charge >= 0.3 is 0 Å². The van der Waals surface area contributed by atoms with E-state index in [1.54, 1.807) is 12.1 Å². The fourth-order valence-electron chi connectivity index (χ4n) is 2.71. The molecule has 0 fully saturated rings. The first kappa shape index (κ1) is 20.4. The average molecular weight is 499 g/mol. The van der Waals surface area contributed by atoms with Crippen molar-refractivity contribution < 1.29 is 27.5 Å². The molecule has 0 aliphatic carbocycles. The number of ketones is 1. The Kier molecular flexibility index (Phi) is 6.74. The topological polar surface area (TPSA) is 61.6 Å². The van der Waals surface area contributed by atoms with E-state index < -0.39 is 17.4 Å². The summed E-state index contributed by atoms with van der Waals surface area (Å²) in [6.45, 7) is 3.54. The SMILES string of the molecule is C=COCCOCC(=O)c1cc2ocnc2c(F)c1Cc1ccc(I)cc1F. The maximum absolute atomic E-state index is 15.0. The number of carbonyl (C=O) groups is 1. The van der Waals surface area contributed by atoms with Crippen LogP contribution in [0.1, 0.15) is 21.5 Å². The van der Waals surface area contributed by atoms with Crippen LogP contribution in [0.2, 0.25) is 0 Å². The van der Waals surface area contributed by atoms with Gasteiger partial charge in [0.05, 0.1) is 12.9 Å². The molecule has 8 heteroatoms. The van der Waals surface area contributed by atoms with Gasteiger partial charge in [0.1, 0.15) is 24.5 Å². The Balaban J connectivity index is 1.92. The van der Waals surface area contributed by atoms with Gasteiger partial charge in [-0.2, -0.15) is 0 Å². The molecule has 0 spiro atoms. The van der Waals surface area contributed by atoms with E-state index in [0.29, 0.717) is 0 Å². The minimum Gasteiger partial charge on any atom is -0.499 e. The number of aromatic nitrogens is 1. The zero-order valence-corrected chi connectivity index (χ0v) is 16.9. The first-order valence-corrected chi connectivity index (χ1v) is 9.41. The van der Waals surface area contributed by atoms with Crippen LogP contribution in [0.3, 0.4) is 0 Å². The molecule has 0 N–H and O–H groups in total. The van der Waals surface area contributed by atoms with Crippen molar-refractivity contribution >= 4 is 39.5 Å². The third-order valence-electron chi connectivity index (χ3n) is 4.05. The summed E-state index contributed by atoms with van der Waals surface area (Å²) in [4.78, 5) is 16.5. The summed E-state index contributed by atoms with van der Waals surface area (Å²) in [7, 11) is 0. The highest BCUT2D eigenvalue weighted by atomic mass is 127. The molecule has 0 saturated carbocycles. The van der Waals surface area contributed by atoms with Gasteiger partial charge in [-0.3, -0.25) is 4.79 Å². The lowest BCUT2D eigenvalue weighted by Crippen LogP contribution is -2.15. The first-order chi connectivity index (χ1) is 13.5. The molecule has 1 heterocycles. The number of rotatable bonds is 9. The number of ether oxygens (including phenoxy) is 2. The minimum absolute atomic E-state index is 0.00206. The second kappa shape index (κ2) is 9.24. The van der Waals surface area contributed by atoms with Crippen molar-refractivity contribution in [1.82, 2.24) is 4.98 Å². The van der Waals surface area contributed by atoms with E-state index in [4.69, 9.17) is 13.9 Å². The standard InChI is InChI=1S/C20H16F2INO4/c1-2-26-5-6-27-10-17(25)14-9-18-20(24-11-28-18)19(22)15(14)7-12-3-4-13(23)8-16(12)21/h2-4,8-9,11H,1,5-7,10H2. The van der Waals surface area contributed by atoms with Crippen LogP contribution in [0.15, 0.2) is 47.9 Å². The van der Waals surface area contributed by atoms with E-state index >= 15 is 4.39 Å². The summed E-state index contributed by atoms with van der Waals surface area (Å²) in [6.07, 6.45) is 2.27. The summed E-state index contributed by atoms with van der Waals surface area (Å²) in [6, 6.07) is 6.06. The van der Waals surface area contributed by atoms with Gasteiger partial charge in [-0.05, 0) is 46.4 Å². The summed E-state index contributed by atoms with van der Waals surface area (Å²) in [5, 5.41) is 0. The van der Waals surface area contributed by atoms with Crippen LogP contribution in [0.4, 0.5) is 8.78 Å². The van der Waals surface area contributed by atoms with Gasteiger partial charge in [0.15, 0.2) is 23.6 Å². The van der Waals surface area contributed by atoms with Crippen LogP contribution in [0.25, 0.3) is 11.1 Å². The van der Waals surface area contributed by atoms with Crippen LogP contribution in [0.5, 0.6) is 0 Å². The van der Waals surface area contributed by atoms with Crippen LogP contribution >= 0.6 is 22.6 Å². The number of fused-ring (bicyclic) bond motifs is 1. The van der Waals surface area contributed by atoms with Crippen molar-refractivity contribution in [2.75, 3.05) is 19.8 Å². The fourth-order valence-corrected chi connectivity index (χ4v) is 3.17. The predicted octanol–water partition coefficient (Wildman–Crippen LogP) is 4.66. The largest absolute Gasteiger partial charge is 0.499 e. The summed E-state index contributed by atoms with van der Waals surface area (Å²) in [5.41, 5.74) is 0.541. The van der Waals surface area contributed by atoms with Crippen molar-refractivity contribution in [3.8, 4) is 0 Å². The lowest BCUT2D eigenvalue weighted by molar-refractivity contribution is 0.0638. The van der Waals surface area contributed by atoms with Gasteiger partial charge in [-0.15, -0.1) is 0 Å². The molecule has 0 atom stereocenters. The average Bonchev–Trinajstić information content (AvgIpc) is 3.14. The highest BCUT2D eigenvalue weighted by Crippen LogP contribution is 2.27. The van der Waals surface area contributed by atoms with E-state index in [-0.39, 0.29) is 54.0 Å². The van der Waals surface area contributed by atoms with Crippen molar-refractivity contribution in [3.63, 3.8) is 0 Å². The molecule has 2 aromatic carbocycles. The van der Waals surface area contributed by atoms with Crippen molar-refractivity contribution in [2.24, 2.45) is 0 Å². The second-order valence-corrected chi connectivity index (χ2v) is 7.09. The Hall–Kier alpha value is -2.33. The lowest BCUT2D eigenvalue weighted by atomic mass is 9.95. The quantitative estimate of drug-likeness (QED) is 0.186. The van der Waals surface area contributed by atoms with Crippen molar-refractivity contribution in [1.29, 1.82) is 0 Å². The molecule has 3 rings (SSSR count). The third kappa shape index (κ3) is 4.56. The molecular formula is C20H16F2INO4. The number of halogens is 3. The van der Waals surface area contributed by atoms with Crippen molar-refractivity contribution in [2.45, 2.75) is 6.42 Å². The zero-order valence-electron chi connectivity index (χ0n) is 14.7. The first-order valence-electron chi connectivity index (χ1n) is 8.33. The van der Waals surface area contributed by atoms with Crippen LogP contribution < -0.4 is 0 Å². The summed E-state index contributed by atoms with van der Waals surface area (Å²) in [5.74, 6) is -1.62. The molecule has 0 amide bonds. The third-order valence-corrected chi connectivity index (χ3v) is 4.72. The molecule has 5 nitrogen and oxygen atoms in total. The molecule has 0 aliphatic rings. The number of benzene rings is 2.